The van der Waals surface area contributed by atoms with Crippen molar-refractivity contribution in [3.63, 3.8) is 0 Å². The van der Waals surface area contributed by atoms with Crippen molar-refractivity contribution in [2.45, 2.75) is 13.1 Å². The number of nitrogens with zero attached hydrogens (tertiary/aromatic N) is 2. The highest BCUT2D eigenvalue weighted by Gasteiger charge is 2.06. The molecule has 0 saturated heterocycles. The Bertz CT molecular complexity index is 670. The van der Waals surface area contributed by atoms with Crippen LogP contribution in [0.1, 0.15) is 10.6 Å². The molecule has 4 heteroatoms. The van der Waals surface area contributed by atoms with Gasteiger partial charge in [0.25, 0.3) is 0 Å². The van der Waals surface area contributed by atoms with Gasteiger partial charge < -0.3 is 9.88 Å². The van der Waals surface area contributed by atoms with Crippen molar-refractivity contribution >= 4 is 11.3 Å². The molecule has 20 heavy (non-hydrogen) atoms. The lowest BCUT2D eigenvalue weighted by Crippen LogP contribution is -2.12. The molecule has 0 aliphatic heterocycles. The zero-order chi connectivity index (χ0) is 13.8. The predicted octanol–water partition coefficient (Wildman–Crippen LogP) is 3.44. The van der Waals surface area contributed by atoms with Crippen LogP contribution >= 0.6 is 11.3 Å². The lowest BCUT2D eigenvalue weighted by Gasteiger charge is -2.02. The van der Waals surface area contributed by atoms with Gasteiger partial charge in [0.05, 0.1) is 10.6 Å². The molecule has 0 bridgehead atoms. The Morgan fingerprint density at radius 2 is 1.95 bits per heavy atom. The van der Waals surface area contributed by atoms with Crippen LogP contribution in [-0.2, 0) is 20.1 Å². The van der Waals surface area contributed by atoms with Crippen LogP contribution in [0, 0.1) is 0 Å². The third kappa shape index (κ3) is 2.98. The molecule has 0 radical (unpaired) electrons. The van der Waals surface area contributed by atoms with E-state index in [0.29, 0.717) is 0 Å². The van der Waals surface area contributed by atoms with E-state index in [1.165, 1.54) is 16.1 Å². The Labute approximate surface area is 122 Å². The monoisotopic (exact) mass is 283 g/mol. The Hall–Kier alpha value is -1.91. The minimum atomic E-state index is 0.810. The smallest absolute Gasteiger partial charge is 0.107 e. The van der Waals surface area contributed by atoms with E-state index in [1.54, 1.807) is 11.3 Å². The van der Waals surface area contributed by atoms with Gasteiger partial charge in [0.2, 0.25) is 0 Å². The topological polar surface area (TPSA) is 29.9 Å². The zero-order valence-corrected chi connectivity index (χ0v) is 12.2. The fourth-order valence-electron chi connectivity index (χ4n) is 2.14. The van der Waals surface area contributed by atoms with E-state index in [-0.39, 0.29) is 0 Å². The van der Waals surface area contributed by atoms with Crippen molar-refractivity contribution in [3.05, 3.63) is 65.4 Å². The molecule has 2 aromatic heterocycles. The van der Waals surface area contributed by atoms with Gasteiger partial charge in [-0.15, -0.1) is 11.3 Å². The summed E-state index contributed by atoms with van der Waals surface area (Å²) in [4.78, 5) is 5.70. The fraction of sp³-hybridized carbons (Fsp3) is 0.188. The number of aromatic nitrogens is 2. The molecule has 0 aliphatic carbocycles. The Balaban J connectivity index is 1.59. The molecule has 3 aromatic rings. The molecular weight excluding hydrogens is 266 g/mol. The zero-order valence-electron chi connectivity index (χ0n) is 11.4. The number of nitrogens with one attached hydrogen (secondary N) is 1. The first-order chi connectivity index (χ1) is 9.83. The van der Waals surface area contributed by atoms with Crippen molar-refractivity contribution in [1.82, 2.24) is 14.9 Å². The molecule has 1 N–H and O–H groups in total. The van der Waals surface area contributed by atoms with Crippen molar-refractivity contribution in [2.75, 3.05) is 0 Å². The summed E-state index contributed by atoms with van der Waals surface area (Å²) < 4.78 is 2.12. The lowest BCUT2D eigenvalue weighted by molar-refractivity contribution is 0.690. The number of hydrogen-bond acceptors (Lipinski definition) is 3. The molecule has 1 aromatic carbocycles. The van der Waals surface area contributed by atoms with Crippen molar-refractivity contribution in [3.8, 4) is 10.6 Å². The summed E-state index contributed by atoms with van der Waals surface area (Å²) in [6.07, 6.45) is 4.02. The van der Waals surface area contributed by atoms with E-state index >= 15 is 0 Å². The van der Waals surface area contributed by atoms with Crippen LogP contribution in [0.15, 0.2) is 54.9 Å². The van der Waals surface area contributed by atoms with Gasteiger partial charge in [0.15, 0.2) is 0 Å². The molecule has 0 spiro atoms. The van der Waals surface area contributed by atoms with Gasteiger partial charge >= 0.3 is 0 Å². The van der Waals surface area contributed by atoms with Crippen molar-refractivity contribution < 1.29 is 0 Å². The van der Waals surface area contributed by atoms with Crippen LogP contribution in [-0.4, -0.2) is 9.55 Å². The van der Waals surface area contributed by atoms with Gasteiger partial charge in [-0.3, -0.25) is 0 Å². The van der Waals surface area contributed by atoms with E-state index in [1.807, 2.05) is 12.3 Å². The molecule has 3 rings (SSSR count). The molecule has 0 fully saturated rings. The summed E-state index contributed by atoms with van der Waals surface area (Å²) >= 11 is 1.75. The Kier molecular flexibility index (Phi) is 3.95. The van der Waals surface area contributed by atoms with Gasteiger partial charge in [-0.1, -0.05) is 30.3 Å². The number of benzene rings is 1. The average molecular weight is 283 g/mol. The molecule has 0 aliphatic rings. The number of aryl methyl sites for hydroxylation is 1. The maximum atomic E-state index is 4.49. The molecule has 0 saturated carbocycles. The van der Waals surface area contributed by atoms with Gasteiger partial charge in [-0.2, -0.15) is 0 Å². The van der Waals surface area contributed by atoms with Crippen LogP contribution in [0.4, 0.5) is 0 Å². The maximum absolute atomic E-state index is 4.49. The average Bonchev–Trinajstić information content (AvgIpc) is 3.09. The first-order valence-electron chi connectivity index (χ1n) is 6.64. The van der Waals surface area contributed by atoms with Crippen LogP contribution < -0.4 is 5.32 Å². The normalized spacial score (nSPS) is 10.8. The second kappa shape index (κ2) is 6.03. The summed E-state index contributed by atoms with van der Waals surface area (Å²) in [5.41, 5.74) is 2.52. The van der Waals surface area contributed by atoms with E-state index in [9.17, 15) is 0 Å². The van der Waals surface area contributed by atoms with Crippen LogP contribution in [0.2, 0.25) is 0 Å². The second-order valence-corrected chi connectivity index (χ2v) is 5.83. The standard InChI is InChI=1S/C16H17N3S/c1-19-9-5-8-14(19)15-11-18-16(20-15)12-17-10-13-6-3-2-4-7-13/h2-9,11,17H,10,12H2,1H3. The first kappa shape index (κ1) is 13.1. The molecule has 3 nitrogen and oxygen atoms in total. The molecule has 0 unspecified atom stereocenters. The molecule has 0 atom stereocenters. The SMILES string of the molecule is Cn1cccc1-c1cnc(CNCc2ccccc2)s1. The second-order valence-electron chi connectivity index (χ2n) is 4.71. The Morgan fingerprint density at radius 3 is 2.70 bits per heavy atom. The van der Waals surface area contributed by atoms with E-state index in [2.05, 4.69) is 64.5 Å². The van der Waals surface area contributed by atoms with Crippen LogP contribution in [0.25, 0.3) is 10.6 Å². The van der Waals surface area contributed by atoms with Crippen LogP contribution in [0.3, 0.4) is 0 Å². The summed E-state index contributed by atoms with van der Waals surface area (Å²) in [7, 11) is 2.06. The maximum Gasteiger partial charge on any atom is 0.107 e. The van der Waals surface area contributed by atoms with Gasteiger partial charge in [-0.25, -0.2) is 4.98 Å². The molecule has 102 valence electrons. The van der Waals surface area contributed by atoms with Gasteiger partial charge in [0, 0.05) is 32.5 Å². The van der Waals surface area contributed by atoms with E-state index in [4.69, 9.17) is 0 Å². The number of rotatable bonds is 5. The summed E-state index contributed by atoms with van der Waals surface area (Å²) in [5.74, 6) is 0. The van der Waals surface area contributed by atoms with E-state index < -0.39 is 0 Å². The summed E-state index contributed by atoms with van der Waals surface area (Å²) in [5, 5.41) is 4.55. The van der Waals surface area contributed by atoms with Gasteiger partial charge in [0.1, 0.15) is 5.01 Å². The lowest BCUT2D eigenvalue weighted by atomic mass is 10.2. The summed E-state index contributed by atoms with van der Waals surface area (Å²) in [6, 6.07) is 14.6. The minimum absolute atomic E-state index is 0.810. The van der Waals surface area contributed by atoms with Crippen LogP contribution in [0.5, 0.6) is 0 Å². The largest absolute Gasteiger partial charge is 0.350 e. The van der Waals surface area contributed by atoms with Crippen molar-refractivity contribution in [1.29, 1.82) is 0 Å². The molecule has 0 amide bonds. The highest BCUT2D eigenvalue weighted by Crippen LogP contribution is 2.25. The molecular formula is C16H17N3S. The summed E-state index contributed by atoms with van der Waals surface area (Å²) in [6.45, 7) is 1.68. The van der Waals surface area contributed by atoms with Gasteiger partial charge in [-0.05, 0) is 17.7 Å². The highest BCUT2D eigenvalue weighted by atomic mass is 32.1. The van der Waals surface area contributed by atoms with E-state index in [0.717, 1.165) is 18.1 Å². The van der Waals surface area contributed by atoms with Crippen molar-refractivity contribution in [2.24, 2.45) is 7.05 Å². The quantitative estimate of drug-likeness (QED) is 0.777. The third-order valence-corrected chi connectivity index (χ3v) is 4.22. The third-order valence-electron chi connectivity index (χ3n) is 3.20. The first-order valence-corrected chi connectivity index (χ1v) is 7.45. The minimum Gasteiger partial charge on any atom is -0.350 e. The molecule has 2 heterocycles. The Morgan fingerprint density at radius 1 is 1.10 bits per heavy atom. The predicted molar refractivity (Wildman–Crippen MR) is 83.5 cm³/mol. The fourth-order valence-corrected chi connectivity index (χ4v) is 3.09. The number of thiazole rings is 1. The number of hydrogen-bond donors (Lipinski definition) is 1. The highest BCUT2D eigenvalue weighted by molar-refractivity contribution is 7.15.